The first-order valence-corrected chi connectivity index (χ1v) is 4.65. The van der Waals surface area contributed by atoms with Crippen LogP contribution in [0.5, 0.6) is 0 Å². The zero-order valence-corrected chi connectivity index (χ0v) is 7.41. The number of Topliss-reactive ketones (excluding diaryl/α,β-unsaturated/α-hetero) is 1. The van der Waals surface area contributed by atoms with E-state index in [2.05, 4.69) is 5.32 Å². The molecule has 4 heteroatoms. The summed E-state index contributed by atoms with van der Waals surface area (Å²) in [6, 6.07) is 0.170. The van der Waals surface area contributed by atoms with Gasteiger partial charge in [-0.3, -0.25) is 9.59 Å². The van der Waals surface area contributed by atoms with Gasteiger partial charge in [-0.15, -0.1) is 0 Å². The van der Waals surface area contributed by atoms with E-state index >= 15 is 0 Å². The molecule has 1 aliphatic carbocycles. The van der Waals surface area contributed by atoms with Crippen LogP contribution in [0.4, 0.5) is 0 Å². The molecule has 1 N–H and O–H groups in total. The van der Waals surface area contributed by atoms with E-state index < -0.39 is 0 Å². The maximum atomic E-state index is 11.4. The third-order valence-electron chi connectivity index (χ3n) is 2.60. The van der Waals surface area contributed by atoms with Crippen molar-refractivity contribution in [3.05, 3.63) is 0 Å². The van der Waals surface area contributed by atoms with E-state index in [-0.39, 0.29) is 23.7 Å². The number of carbonyl (C=O) groups excluding carboxylic acids is 2. The van der Waals surface area contributed by atoms with Gasteiger partial charge >= 0.3 is 0 Å². The van der Waals surface area contributed by atoms with Gasteiger partial charge in [0.15, 0.2) is 0 Å². The Bertz CT molecular complexity index is 225. The average Bonchev–Trinajstić information content (AvgIpc) is 2.51. The van der Waals surface area contributed by atoms with Crippen LogP contribution in [0.3, 0.4) is 0 Å². The van der Waals surface area contributed by atoms with Crippen molar-refractivity contribution in [2.75, 3.05) is 13.2 Å². The molecule has 1 heterocycles. The van der Waals surface area contributed by atoms with Crippen molar-refractivity contribution in [3.8, 4) is 0 Å². The quantitative estimate of drug-likeness (QED) is 0.648. The Hall–Kier alpha value is -0.900. The molecule has 0 bridgehead atoms. The van der Waals surface area contributed by atoms with Gasteiger partial charge in [-0.25, -0.2) is 0 Å². The Morgan fingerprint density at radius 3 is 2.77 bits per heavy atom. The highest BCUT2D eigenvalue weighted by Gasteiger charge is 2.33. The predicted molar refractivity (Wildman–Crippen MR) is 45.1 cm³/mol. The number of nitrogens with one attached hydrogen (secondary N) is 1. The lowest BCUT2D eigenvalue weighted by atomic mass is 9.83. The lowest BCUT2D eigenvalue weighted by Crippen LogP contribution is -2.43. The van der Waals surface area contributed by atoms with Crippen LogP contribution in [0.2, 0.25) is 0 Å². The van der Waals surface area contributed by atoms with Gasteiger partial charge in [-0.1, -0.05) is 0 Å². The fourth-order valence-corrected chi connectivity index (χ4v) is 1.64. The zero-order valence-electron chi connectivity index (χ0n) is 7.41. The number of rotatable bonds is 2. The van der Waals surface area contributed by atoms with E-state index in [0.29, 0.717) is 19.4 Å². The lowest BCUT2D eigenvalue weighted by Gasteiger charge is -2.24. The molecule has 2 aliphatic rings. The molecule has 1 amide bonds. The van der Waals surface area contributed by atoms with Crippen LogP contribution in [0.15, 0.2) is 0 Å². The maximum absolute atomic E-state index is 11.4. The number of amides is 1. The van der Waals surface area contributed by atoms with Gasteiger partial charge in [0, 0.05) is 19.4 Å². The van der Waals surface area contributed by atoms with E-state index in [1.807, 2.05) is 0 Å². The van der Waals surface area contributed by atoms with Gasteiger partial charge in [0.05, 0.1) is 18.6 Å². The van der Waals surface area contributed by atoms with Crippen molar-refractivity contribution in [1.29, 1.82) is 0 Å². The van der Waals surface area contributed by atoms with Crippen molar-refractivity contribution in [2.24, 2.45) is 5.92 Å². The van der Waals surface area contributed by atoms with Crippen LogP contribution in [-0.2, 0) is 14.3 Å². The van der Waals surface area contributed by atoms with E-state index in [1.54, 1.807) is 0 Å². The van der Waals surface area contributed by atoms with E-state index in [9.17, 15) is 9.59 Å². The first-order chi connectivity index (χ1) is 6.25. The molecule has 13 heavy (non-hydrogen) atoms. The molecule has 4 nitrogen and oxygen atoms in total. The van der Waals surface area contributed by atoms with E-state index in [0.717, 1.165) is 13.0 Å². The molecule has 1 atom stereocenters. The molecule has 0 spiro atoms. The van der Waals surface area contributed by atoms with Gasteiger partial charge in [-0.2, -0.15) is 0 Å². The number of ketones is 1. The van der Waals surface area contributed by atoms with Crippen LogP contribution >= 0.6 is 0 Å². The fraction of sp³-hybridized carbons (Fsp3) is 0.778. The fourth-order valence-electron chi connectivity index (χ4n) is 1.64. The largest absolute Gasteiger partial charge is 0.379 e. The third kappa shape index (κ3) is 1.88. The number of ether oxygens (including phenoxy) is 1. The molecule has 2 fully saturated rings. The Morgan fingerprint density at radius 2 is 2.23 bits per heavy atom. The molecule has 0 aromatic heterocycles. The van der Waals surface area contributed by atoms with Crippen molar-refractivity contribution in [1.82, 2.24) is 5.32 Å². The lowest BCUT2D eigenvalue weighted by molar-refractivity contribution is -0.138. The summed E-state index contributed by atoms with van der Waals surface area (Å²) in [6.07, 6.45) is 1.76. The first kappa shape index (κ1) is 8.69. The molecule has 1 aliphatic heterocycles. The number of hydrogen-bond donors (Lipinski definition) is 1. The van der Waals surface area contributed by atoms with Crippen LogP contribution in [0.25, 0.3) is 0 Å². The standard InChI is InChI=1S/C9H13NO3/c11-8-3-6(4-8)9(12)10-7-1-2-13-5-7/h6-7H,1-5H2,(H,10,12). The molecule has 1 saturated carbocycles. The van der Waals surface area contributed by atoms with E-state index in [1.165, 1.54) is 0 Å². The molecule has 0 radical (unpaired) electrons. The first-order valence-electron chi connectivity index (χ1n) is 4.65. The molecular weight excluding hydrogens is 170 g/mol. The summed E-state index contributed by atoms with van der Waals surface area (Å²) >= 11 is 0. The summed E-state index contributed by atoms with van der Waals surface area (Å²) < 4.78 is 5.13. The van der Waals surface area contributed by atoms with Crippen LogP contribution in [-0.4, -0.2) is 30.9 Å². The van der Waals surface area contributed by atoms with Crippen molar-refractivity contribution < 1.29 is 14.3 Å². The molecule has 2 rings (SSSR count). The van der Waals surface area contributed by atoms with Crippen LogP contribution < -0.4 is 5.32 Å². The molecule has 72 valence electrons. The van der Waals surface area contributed by atoms with Crippen molar-refractivity contribution >= 4 is 11.7 Å². The second kappa shape index (κ2) is 3.46. The Morgan fingerprint density at radius 1 is 1.46 bits per heavy atom. The summed E-state index contributed by atoms with van der Waals surface area (Å²) in [7, 11) is 0. The highest BCUT2D eigenvalue weighted by atomic mass is 16.5. The third-order valence-corrected chi connectivity index (χ3v) is 2.60. The normalized spacial score (nSPS) is 28.6. The molecular formula is C9H13NO3. The Balaban J connectivity index is 1.74. The van der Waals surface area contributed by atoms with Gasteiger partial charge in [0.25, 0.3) is 0 Å². The minimum absolute atomic E-state index is 0.0232. The minimum Gasteiger partial charge on any atom is -0.379 e. The van der Waals surface area contributed by atoms with Crippen LogP contribution in [0.1, 0.15) is 19.3 Å². The van der Waals surface area contributed by atoms with Gasteiger partial charge in [-0.05, 0) is 6.42 Å². The average molecular weight is 183 g/mol. The highest BCUT2D eigenvalue weighted by molar-refractivity contribution is 5.96. The molecule has 0 aromatic carbocycles. The van der Waals surface area contributed by atoms with Gasteiger partial charge in [0.1, 0.15) is 5.78 Å². The molecule has 1 saturated heterocycles. The SMILES string of the molecule is O=C1CC(C(=O)NC2CCOC2)C1. The van der Waals surface area contributed by atoms with Crippen LogP contribution in [0, 0.1) is 5.92 Å². The second-order valence-corrected chi connectivity index (χ2v) is 3.71. The maximum Gasteiger partial charge on any atom is 0.224 e. The monoisotopic (exact) mass is 183 g/mol. The topological polar surface area (TPSA) is 55.4 Å². The molecule has 0 aromatic rings. The van der Waals surface area contributed by atoms with Gasteiger partial charge < -0.3 is 10.1 Å². The summed E-state index contributed by atoms with van der Waals surface area (Å²) in [5.74, 6) is 0.158. The minimum atomic E-state index is -0.0619. The summed E-state index contributed by atoms with van der Waals surface area (Å²) in [4.78, 5) is 22.1. The van der Waals surface area contributed by atoms with Gasteiger partial charge in [0.2, 0.25) is 5.91 Å². The summed E-state index contributed by atoms with van der Waals surface area (Å²) in [5, 5.41) is 2.89. The van der Waals surface area contributed by atoms with Crippen molar-refractivity contribution in [2.45, 2.75) is 25.3 Å². The predicted octanol–water partition coefficient (Wildman–Crippen LogP) is -0.129. The van der Waals surface area contributed by atoms with E-state index in [4.69, 9.17) is 4.74 Å². The smallest absolute Gasteiger partial charge is 0.224 e. The second-order valence-electron chi connectivity index (χ2n) is 3.71. The number of carbonyl (C=O) groups is 2. The number of hydrogen-bond acceptors (Lipinski definition) is 3. The highest BCUT2D eigenvalue weighted by Crippen LogP contribution is 2.23. The van der Waals surface area contributed by atoms with Crippen molar-refractivity contribution in [3.63, 3.8) is 0 Å². The summed E-state index contributed by atoms with van der Waals surface area (Å²) in [5.41, 5.74) is 0. The zero-order chi connectivity index (χ0) is 9.26. The molecule has 1 unspecified atom stereocenters. The summed E-state index contributed by atoms with van der Waals surface area (Å²) in [6.45, 7) is 1.35. The Kier molecular flexibility index (Phi) is 2.31. The Labute approximate surface area is 76.6 Å².